The molecule has 0 unspecified atom stereocenters. The van der Waals surface area contributed by atoms with E-state index in [9.17, 15) is 0 Å². The molecule has 92 valence electrons. The molecule has 1 aromatic rings. The summed E-state index contributed by atoms with van der Waals surface area (Å²) < 4.78 is 12.1. The van der Waals surface area contributed by atoms with Crippen molar-refractivity contribution in [2.24, 2.45) is 0 Å². The van der Waals surface area contributed by atoms with Crippen molar-refractivity contribution < 1.29 is 9.47 Å². The number of methoxy groups -OCH3 is 2. The van der Waals surface area contributed by atoms with Gasteiger partial charge in [0.1, 0.15) is 0 Å². The average Bonchev–Trinajstić information content (AvgIpc) is 2.62. The van der Waals surface area contributed by atoms with Crippen LogP contribution < -0.4 is 5.32 Å². The second-order valence-electron chi connectivity index (χ2n) is 3.67. The molecule has 0 radical (unpaired) electrons. The monoisotopic (exact) mass is 227 g/mol. The van der Waals surface area contributed by atoms with Gasteiger partial charge in [0.15, 0.2) is 0 Å². The van der Waals surface area contributed by atoms with E-state index < -0.39 is 0 Å². The van der Waals surface area contributed by atoms with Crippen molar-refractivity contribution >= 4 is 5.95 Å². The molecule has 0 saturated carbocycles. The van der Waals surface area contributed by atoms with Crippen LogP contribution in [0.15, 0.2) is 6.20 Å². The lowest BCUT2D eigenvalue weighted by Gasteiger charge is -2.08. The third-order valence-electron chi connectivity index (χ3n) is 2.24. The van der Waals surface area contributed by atoms with E-state index in [1.165, 1.54) is 0 Å². The predicted octanol–water partition coefficient (Wildman–Crippen LogP) is 1.29. The van der Waals surface area contributed by atoms with Gasteiger partial charge >= 0.3 is 0 Å². The van der Waals surface area contributed by atoms with Crippen LogP contribution in [0.2, 0.25) is 0 Å². The summed E-state index contributed by atoms with van der Waals surface area (Å²) in [6.45, 7) is 5.15. The van der Waals surface area contributed by atoms with Crippen LogP contribution in [0.25, 0.3) is 0 Å². The van der Waals surface area contributed by atoms with E-state index in [1.807, 2.05) is 13.1 Å². The number of ether oxygens (including phenoxy) is 2. The molecule has 0 fully saturated rings. The lowest BCUT2D eigenvalue weighted by atomic mass is 10.4. The SMILES string of the molecule is COCCCNc1nc(C)cn1CCOC. The quantitative estimate of drug-likeness (QED) is 0.680. The van der Waals surface area contributed by atoms with Crippen LogP contribution in [-0.4, -0.2) is 43.5 Å². The predicted molar refractivity (Wildman–Crippen MR) is 63.8 cm³/mol. The van der Waals surface area contributed by atoms with E-state index in [0.29, 0.717) is 6.61 Å². The lowest BCUT2D eigenvalue weighted by molar-refractivity contribution is 0.187. The van der Waals surface area contributed by atoms with Crippen LogP contribution in [0, 0.1) is 6.92 Å². The molecule has 0 aromatic carbocycles. The number of imidazole rings is 1. The van der Waals surface area contributed by atoms with Gasteiger partial charge in [0.05, 0.1) is 12.3 Å². The number of hydrogen-bond acceptors (Lipinski definition) is 4. The van der Waals surface area contributed by atoms with Crippen molar-refractivity contribution in [1.29, 1.82) is 0 Å². The molecule has 16 heavy (non-hydrogen) atoms. The molecule has 1 heterocycles. The number of hydrogen-bond donors (Lipinski definition) is 1. The van der Waals surface area contributed by atoms with Gasteiger partial charge in [-0.3, -0.25) is 0 Å². The highest BCUT2D eigenvalue weighted by Crippen LogP contribution is 2.08. The smallest absolute Gasteiger partial charge is 0.203 e. The third-order valence-corrected chi connectivity index (χ3v) is 2.24. The largest absolute Gasteiger partial charge is 0.385 e. The Hall–Kier alpha value is -1.07. The minimum Gasteiger partial charge on any atom is -0.385 e. The fourth-order valence-corrected chi connectivity index (χ4v) is 1.46. The van der Waals surface area contributed by atoms with E-state index in [1.54, 1.807) is 14.2 Å². The van der Waals surface area contributed by atoms with Crippen LogP contribution in [0.5, 0.6) is 0 Å². The molecule has 0 saturated heterocycles. The van der Waals surface area contributed by atoms with Crippen molar-refractivity contribution in [3.63, 3.8) is 0 Å². The standard InChI is InChI=1S/C11H21N3O2/c1-10-9-14(6-8-16-3)11(13-10)12-5-4-7-15-2/h9H,4-8H2,1-3H3,(H,12,13). The molecule has 0 aliphatic rings. The Morgan fingerprint density at radius 2 is 2.06 bits per heavy atom. The van der Waals surface area contributed by atoms with Crippen molar-refractivity contribution in [3.8, 4) is 0 Å². The van der Waals surface area contributed by atoms with Crippen molar-refractivity contribution in [3.05, 3.63) is 11.9 Å². The molecule has 1 rings (SSSR count). The summed E-state index contributed by atoms with van der Waals surface area (Å²) in [7, 11) is 3.42. The van der Waals surface area contributed by atoms with Crippen LogP contribution in [-0.2, 0) is 16.0 Å². The van der Waals surface area contributed by atoms with E-state index in [-0.39, 0.29) is 0 Å². The summed E-state index contributed by atoms with van der Waals surface area (Å²) >= 11 is 0. The van der Waals surface area contributed by atoms with Crippen LogP contribution in [0.3, 0.4) is 0 Å². The van der Waals surface area contributed by atoms with Gasteiger partial charge < -0.3 is 19.4 Å². The number of anilines is 1. The normalized spacial score (nSPS) is 10.7. The topological polar surface area (TPSA) is 48.3 Å². The minimum atomic E-state index is 0.697. The zero-order chi connectivity index (χ0) is 11.8. The second kappa shape index (κ2) is 7.24. The Morgan fingerprint density at radius 1 is 1.31 bits per heavy atom. The summed E-state index contributed by atoms with van der Waals surface area (Å²) in [6, 6.07) is 0. The molecule has 1 N–H and O–H groups in total. The zero-order valence-electron chi connectivity index (χ0n) is 10.3. The third kappa shape index (κ3) is 4.20. The van der Waals surface area contributed by atoms with Gasteiger partial charge in [0.25, 0.3) is 0 Å². The highest BCUT2D eigenvalue weighted by Gasteiger charge is 2.04. The summed E-state index contributed by atoms with van der Waals surface area (Å²) in [4.78, 5) is 4.42. The average molecular weight is 227 g/mol. The molecule has 5 nitrogen and oxygen atoms in total. The van der Waals surface area contributed by atoms with Gasteiger partial charge in [-0.1, -0.05) is 0 Å². The zero-order valence-corrected chi connectivity index (χ0v) is 10.3. The fourth-order valence-electron chi connectivity index (χ4n) is 1.46. The fraction of sp³-hybridized carbons (Fsp3) is 0.727. The molecule has 0 amide bonds. The van der Waals surface area contributed by atoms with Crippen LogP contribution in [0.4, 0.5) is 5.95 Å². The summed E-state index contributed by atoms with van der Waals surface area (Å²) in [6.07, 6.45) is 3.00. The molecule has 0 spiro atoms. The Bertz CT molecular complexity index is 299. The van der Waals surface area contributed by atoms with Crippen molar-refractivity contribution in [2.45, 2.75) is 19.9 Å². The molecule has 1 aromatic heterocycles. The number of rotatable bonds is 8. The Labute approximate surface area is 96.8 Å². The Balaban J connectivity index is 2.43. The highest BCUT2D eigenvalue weighted by molar-refractivity contribution is 5.28. The minimum absolute atomic E-state index is 0.697. The van der Waals surface area contributed by atoms with Gasteiger partial charge in [-0.25, -0.2) is 4.98 Å². The van der Waals surface area contributed by atoms with Crippen LogP contribution >= 0.6 is 0 Å². The van der Waals surface area contributed by atoms with E-state index in [0.717, 1.165) is 37.8 Å². The number of aromatic nitrogens is 2. The maximum absolute atomic E-state index is 5.06. The first-order chi connectivity index (χ1) is 7.77. The van der Waals surface area contributed by atoms with E-state index in [4.69, 9.17) is 9.47 Å². The molecule has 0 bridgehead atoms. The number of nitrogens with zero attached hydrogens (tertiary/aromatic N) is 2. The first-order valence-corrected chi connectivity index (χ1v) is 5.53. The lowest BCUT2D eigenvalue weighted by Crippen LogP contribution is -2.12. The van der Waals surface area contributed by atoms with Gasteiger partial charge in [-0.2, -0.15) is 0 Å². The van der Waals surface area contributed by atoms with Gasteiger partial charge in [0, 0.05) is 40.1 Å². The van der Waals surface area contributed by atoms with Gasteiger partial charge in [0.2, 0.25) is 5.95 Å². The molecule has 0 atom stereocenters. The first kappa shape index (κ1) is 13.0. The molecule has 5 heteroatoms. The Morgan fingerprint density at radius 3 is 2.75 bits per heavy atom. The molecular formula is C11H21N3O2. The van der Waals surface area contributed by atoms with Gasteiger partial charge in [-0.15, -0.1) is 0 Å². The maximum atomic E-state index is 5.06. The van der Waals surface area contributed by atoms with Crippen molar-refractivity contribution in [2.75, 3.05) is 39.3 Å². The molecular weight excluding hydrogens is 206 g/mol. The van der Waals surface area contributed by atoms with Gasteiger partial charge in [-0.05, 0) is 13.3 Å². The van der Waals surface area contributed by atoms with Crippen LogP contribution in [0.1, 0.15) is 12.1 Å². The maximum Gasteiger partial charge on any atom is 0.203 e. The summed E-state index contributed by atoms with van der Waals surface area (Å²) in [5, 5.41) is 3.29. The second-order valence-corrected chi connectivity index (χ2v) is 3.67. The van der Waals surface area contributed by atoms with E-state index >= 15 is 0 Å². The summed E-state index contributed by atoms with van der Waals surface area (Å²) in [5.41, 5.74) is 1.02. The Kier molecular flexibility index (Phi) is 5.88. The van der Waals surface area contributed by atoms with E-state index in [2.05, 4.69) is 14.9 Å². The molecule has 0 aliphatic carbocycles. The highest BCUT2D eigenvalue weighted by atomic mass is 16.5. The number of nitrogens with one attached hydrogen (secondary N) is 1. The number of aryl methyl sites for hydroxylation is 1. The molecule has 0 aliphatic heterocycles. The first-order valence-electron chi connectivity index (χ1n) is 5.53. The van der Waals surface area contributed by atoms with Crippen molar-refractivity contribution in [1.82, 2.24) is 9.55 Å². The summed E-state index contributed by atoms with van der Waals surface area (Å²) in [5.74, 6) is 0.908.